The van der Waals surface area contributed by atoms with Crippen LogP contribution in [0.1, 0.15) is 60.0 Å². The van der Waals surface area contributed by atoms with Crippen molar-refractivity contribution in [3.63, 3.8) is 0 Å². The Balaban J connectivity index is 1.83. The molecule has 32 heavy (non-hydrogen) atoms. The molecule has 0 aliphatic heterocycles. The fourth-order valence-corrected chi connectivity index (χ4v) is 4.12. The van der Waals surface area contributed by atoms with E-state index in [-0.39, 0.29) is 11.7 Å². The van der Waals surface area contributed by atoms with Crippen LogP contribution in [-0.2, 0) is 19.0 Å². The van der Waals surface area contributed by atoms with Gasteiger partial charge in [-0.1, -0.05) is 53.2 Å². The van der Waals surface area contributed by atoms with Crippen molar-refractivity contribution in [1.82, 2.24) is 4.57 Å². The van der Waals surface area contributed by atoms with Crippen LogP contribution in [0.2, 0.25) is 0 Å². The summed E-state index contributed by atoms with van der Waals surface area (Å²) in [6, 6.07) is 17.4. The minimum atomic E-state index is -4.56. The summed E-state index contributed by atoms with van der Waals surface area (Å²) in [6.07, 6.45) is -1.16. The highest BCUT2D eigenvalue weighted by molar-refractivity contribution is 9.10. The van der Waals surface area contributed by atoms with Gasteiger partial charge >= 0.3 is 6.18 Å². The van der Waals surface area contributed by atoms with E-state index in [2.05, 4.69) is 33.4 Å². The highest BCUT2D eigenvalue weighted by Gasteiger charge is 2.34. The molecule has 1 heterocycles. The third kappa shape index (κ3) is 5.82. The molecule has 1 aromatic heterocycles. The maximum absolute atomic E-state index is 13.4. The van der Waals surface area contributed by atoms with Gasteiger partial charge in [0, 0.05) is 16.2 Å². The van der Waals surface area contributed by atoms with E-state index in [0.29, 0.717) is 10.2 Å². The Kier molecular flexibility index (Phi) is 7.82. The number of nitrogens with one attached hydrogen (secondary N) is 1. The van der Waals surface area contributed by atoms with Gasteiger partial charge in [-0.15, -0.1) is 0 Å². The highest BCUT2D eigenvalue weighted by atomic mass is 79.9. The van der Waals surface area contributed by atoms with Crippen molar-refractivity contribution in [2.75, 3.05) is 5.32 Å². The second-order valence-electron chi connectivity index (χ2n) is 7.82. The quantitative estimate of drug-likeness (QED) is 0.334. The maximum Gasteiger partial charge on any atom is 0.418 e. The number of halogens is 4. The summed E-state index contributed by atoms with van der Waals surface area (Å²) >= 11 is 3.19. The lowest BCUT2D eigenvalue weighted by molar-refractivity contribution is -0.136. The molecule has 2 aromatic carbocycles. The van der Waals surface area contributed by atoms with E-state index < -0.39 is 17.6 Å². The smallest absolute Gasteiger partial charge is 0.338 e. The molecule has 0 radical (unpaired) electrons. The Morgan fingerprint density at radius 3 is 2.44 bits per heavy atom. The normalized spacial score (nSPS) is 12.6. The average molecular weight is 507 g/mol. The molecule has 170 valence electrons. The number of nitrogens with zero attached hydrogens (tertiary/aromatic N) is 1. The molecule has 0 spiro atoms. The first-order chi connectivity index (χ1) is 15.2. The van der Waals surface area contributed by atoms with Crippen LogP contribution in [0.4, 0.5) is 18.9 Å². The summed E-state index contributed by atoms with van der Waals surface area (Å²) in [5, 5.41) is 2.48. The van der Waals surface area contributed by atoms with Crippen LogP contribution in [0.25, 0.3) is 0 Å². The molecule has 0 saturated heterocycles. The molecule has 0 unspecified atom stereocenters. The van der Waals surface area contributed by atoms with Crippen molar-refractivity contribution >= 4 is 27.5 Å². The van der Waals surface area contributed by atoms with E-state index in [4.69, 9.17) is 0 Å². The number of amides is 1. The first-order valence-electron chi connectivity index (χ1n) is 10.6. The standard InChI is InChI=1S/C25H26BrF3N2O/c1-3-17(2)31-20(11-7-10-18-8-5-4-6-9-18)13-15-23(31)24(32)30-22-16-19(26)12-14-21(22)25(27,28)29/h4-6,8-9,12-17H,3,7,10-11H2,1-2H3,(H,30,32)/t17-/m0/s1. The van der Waals surface area contributed by atoms with Crippen LogP contribution in [0.15, 0.2) is 65.1 Å². The van der Waals surface area contributed by atoms with Gasteiger partial charge in [-0.3, -0.25) is 4.79 Å². The van der Waals surface area contributed by atoms with E-state index in [1.807, 2.05) is 42.7 Å². The van der Waals surface area contributed by atoms with Crippen molar-refractivity contribution in [3.8, 4) is 0 Å². The summed E-state index contributed by atoms with van der Waals surface area (Å²) in [6.45, 7) is 4.04. The zero-order valence-corrected chi connectivity index (χ0v) is 19.6. The number of hydrogen-bond acceptors (Lipinski definition) is 1. The van der Waals surface area contributed by atoms with Gasteiger partial charge in [0.2, 0.25) is 0 Å². The minimum Gasteiger partial charge on any atom is -0.338 e. The average Bonchev–Trinajstić information content (AvgIpc) is 3.17. The molecule has 0 aliphatic carbocycles. The van der Waals surface area contributed by atoms with Gasteiger partial charge in [0.05, 0.1) is 11.3 Å². The number of alkyl halides is 3. The van der Waals surface area contributed by atoms with Crippen molar-refractivity contribution < 1.29 is 18.0 Å². The number of anilines is 1. The molecule has 1 N–H and O–H groups in total. The second-order valence-corrected chi connectivity index (χ2v) is 8.73. The molecule has 0 saturated carbocycles. The summed E-state index contributed by atoms with van der Waals surface area (Å²) in [7, 11) is 0. The molecule has 3 aromatic rings. The monoisotopic (exact) mass is 506 g/mol. The SMILES string of the molecule is CC[C@H](C)n1c(CCCc2ccccc2)ccc1C(=O)Nc1cc(Br)ccc1C(F)(F)F. The molecule has 3 rings (SSSR count). The number of benzene rings is 2. The predicted octanol–water partition coefficient (Wildman–Crippen LogP) is 7.67. The molecule has 0 aliphatic rings. The lowest BCUT2D eigenvalue weighted by Crippen LogP contribution is -2.22. The summed E-state index contributed by atoms with van der Waals surface area (Å²) in [4.78, 5) is 13.0. The van der Waals surface area contributed by atoms with Gasteiger partial charge in [-0.2, -0.15) is 13.2 Å². The lowest BCUT2D eigenvalue weighted by atomic mass is 10.1. The van der Waals surface area contributed by atoms with Crippen LogP contribution in [0.3, 0.4) is 0 Å². The Morgan fingerprint density at radius 1 is 1.06 bits per heavy atom. The Morgan fingerprint density at radius 2 is 1.78 bits per heavy atom. The summed E-state index contributed by atoms with van der Waals surface area (Å²) < 4.78 is 42.6. The number of carbonyl (C=O) groups is 1. The topological polar surface area (TPSA) is 34.0 Å². The van der Waals surface area contributed by atoms with Crippen LogP contribution >= 0.6 is 15.9 Å². The van der Waals surface area contributed by atoms with Gasteiger partial charge in [-0.25, -0.2) is 0 Å². The van der Waals surface area contributed by atoms with Gasteiger partial charge < -0.3 is 9.88 Å². The van der Waals surface area contributed by atoms with E-state index in [9.17, 15) is 18.0 Å². The maximum atomic E-state index is 13.4. The third-order valence-corrected chi connectivity index (χ3v) is 6.04. The number of aromatic nitrogens is 1. The molecular formula is C25H26BrF3N2O. The largest absolute Gasteiger partial charge is 0.418 e. The van der Waals surface area contributed by atoms with E-state index in [0.717, 1.165) is 37.4 Å². The fraction of sp³-hybridized carbons (Fsp3) is 0.320. The molecule has 1 amide bonds. The van der Waals surface area contributed by atoms with Crippen LogP contribution in [-0.4, -0.2) is 10.5 Å². The number of hydrogen-bond donors (Lipinski definition) is 1. The van der Waals surface area contributed by atoms with E-state index in [1.165, 1.54) is 17.7 Å². The Bertz CT molecular complexity index is 1060. The molecule has 0 bridgehead atoms. The zero-order chi connectivity index (χ0) is 23.3. The molecule has 1 atom stereocenters. The Hall–Kier alpha value is -2.54. The van der Waals surface area contributed by atoms with E-state index in [1.54, 1.807) is 6.07 Å². The zero-order valence-electron chi connectivity index (χ0n) is 18.0. The van der Waals surface area contributed by atoms with Crippen molar-refractivity contribution in [1.29, 1.82) is 0 Å². The summed E-state index contributed by atoms with van der Waals surface area (Å²) in [5.74, 6) is -0.553. The first-order valence-corrected chi connectivity index (χ1v) is 11.4. The first kappa shape index (κ1) is 24.1. The van der Waals surface area contributed by atoms with Gasteiger partial charge in [0.1, 0.15) is 5.69 Å². The minimum absolute atomic E-state index is 0.0436. The number of aryl methyl sites for hydroxylation is 2. The van der Waals surface area contributed by atoms with Crippen LogP contribution in [0.5, 0.6) is 0 Å². The van der Waals surface area contributed by atoms with Crippen molar-refractivity contribution in [3.05, 3.63) is 87.7 Å². The van der Waals surface area contributed by atoms with Crippen molar-refractivity contribution in [2.24, 2.45) is 0 Å². The van der Waals surface area contributed by atoms with Crippen LogP contribution in [0, 0.1) is 0 Å². The van der Waals surface area contributed by atoms with Gasteiger partial charge in [0.15, 0.2) is 0 Å². The predicted molar refractivity (Wildman–Crippen MR) is 125 cm³/mol. The van der Waals surface area contributed by atoms with Crippen molar-refractivity contribution in [2.45, 2.75) is 51.7 Å². The van der Waals surface area contributed by atoms with Gasteiger partial charge in [-0.05, 0) is 68.5 Å². The molecular weight excluding hydrogens is 481 g/mol. The molecule has 3 nitrogen and oxygen atoms in total. The molecule has 0 fully saturated rings. The van der Waals surface area contributed by atoms with E-state index >= 15 is 0 Å². The molecule has 7 heteroatoms. The fourth-order valence-electron chi connectivity index (χ4n) is 3.75. The second kappa shape index (κ2) is 10.4. The number of carbonyl (C=O) groups excluding carboxylic acids is 1. The summed E-state index contributed by atoms with van der Waals surface area (Å²) in [5.41, 5.74) is 1.48. The Labute approximate surface area is 194 Å². The third-order valence-electron chi connectivity index (χ3n) is 5.54. The van der Waals surface area contributed by atoms with Gasteiger partial charge in [0.25, 0.3) is 5.91 Å². The highest BCUT2D eigenvalue weighted by Crippen LogP contribution is 2.36. The van der Waals surface area contributed by atoms with Crippen LogP contribution < -0.4 is 5.32 Å². The lowest BCUT2D eigenvalue weighted by Gasteiger charge is -2.20. The number of rotatable bonds is 8.